The van der Waals surface area contributed by atoms with Crippen molar-refractivity contribution in [2.24, 2.45) is 10.9 Å². The van der Waals surface area contributed by atoms with Gasteiger partial charge in [0.1, 0.15) is 6.54 Å². The van der Waals surface area contributed by atoms with E-state index in [4.69, 9.17) is 4.52 Å². The van der Waals surface area contributed by atoms with E-state index in [-0.39, 0.29) is 0 Å². The first-order valence-corrected chi connectivity index (χ1v) is 9.65. The molecule has 25 heavy (non-hydrogen) atoms. The van der Waals surface area contributed by atoms with Crippen LogP contribution < -0.4 is 10.6 Å². The van der Waals surface area contributed by atoms with Gasteiger partial charge in [0.25, 0.3) is 0 Å². The van der Waals surface area contributed by atoms with Crippen LogP contribution in [0.15, 0.2) is 9.52 Å². The third kappa shape index (κ3) is 6.65. The average Bonchev–Trinajstić information content (AvgIpc) is 2.83. The lowest BCUT2D eigenvalue weighted by Gasteiger charge is -2.34. The van der Waals surface area contributed by atoms with E-state index < -0.39 is 0 Å². The summed E-state index contributed by atoms with van der Waals surface area (Å²) >= 11 is 0. The summed E-state index contributed by atoms with van der Waals surface area (Å²) in [6.45, 7) is 13.0. The molecular weight excluding hydrogens is 316 g/mol. The molecule has 1 unspecified atom stereocenters. The lowest BCUT2D eigenvalue weighted by atomic mass is 10.0. The molecule has 0 aliphatic carbocycles. The molecule has 1 aromatic heterocycles. The van der Waals surface area contributed by atoms with Crippen molar-refractivity contribution in [1.29, 1.82) is 0 Å². The van der Waals surface area contributed by atoms with Crippen LogP contribution in [0.4, 0.5) is 0 Å². The van der Waals surface area contributed by atoms with E-state index >= 15 is 0 Å². The van der Waals surface area contributed by atoms with Crippen molar-refractivity contribution >= 4 is 5.96 Å². The number of hydrogen-bond donors (Lipinski definition) is 2. The first-order chi connectivity index (χ1) is 12.1. The molecule has 7 nitrogen and oxygen atoms in total. The molecule has 1 atom stereocenters. The first-order valence-electron chi connectivity index (χ1n) is 9.65. The Labute approximate surface area is 151 Å². The van der Waals surface area contributed by atoms with Crippen molar-refractivity contribution in [2.75, 3.05) is 26.2 Å². The van der Waals surface area contributed by atoms with Gasteiger partial charge in [-0.05, 0) is 38.8 Å². The summed E-state index contributed by atoms with van der Waals surface area (Å²) in [5.74, 6) is 2.60. The molecule has 2 rings (SSSR count). The van der Waals surface area contributed by atoms with Gasteiger partial charge in [0.05, 0.1) is 0 Å². The molecule has 1 aliphatic rings. The van der Waals surface area contributed by atoms with Crippen molar-refractivity contribution in [2.45, 2.75) is 66.0 Å². The molecule has 2 heterocycles. The van der Waals surface area contributed by atoms with Crippen LogP contribution in [-0.2, 0) is 6.54 Å². The molecule has 1 aromatic rings. The van der Waals surface area contributed by atoms with Crippen LogP contribution in [0.2, 0.25) is 0 Å². The summed E-state index contributed by atoms with van der Waals surface area (Å²) in [5, 5.41) is 10.7. The van der Waals surface area contributed by atoms with Gasteiger partial charge in [-0.1, -0.05) is 31.8 Å². The van der Waals surface area contributed by atoms with Gasteiger partial charge in [-0.15, -0.1) is 0 Å². The summed E-state index contributed by atoms with van der Waals surface area (Å²) in [4.78, 5) is 11.4. The van der Waals surface area contributed by atoms with E-state index in [1.165, 1.54) is 38.8 Å². The van der Waals surface area contributed by atoms with Crippen LogP contribution in [0.1, 0.15) is 58.2 Å². The number of hydrogen-bond acceptors (Lipinski definition) is 5. The highest BCUT2D eigenvalue weighted by molar-refractivity contribution is 5.79. The number of aryl methyl sites for hydroxylation is 1. The number of nitrogens with one attached hydrogen (secondary N) is 2. The molecule has 142 valence electrons. The van der Waals surface area contributed by atoms with E-state index in [9.17, 15) is 0 Å². The molecule has 2 N–H and O–H groups in total. The molecule has 0 bridgehead atoms. The largest absolute Gasteiger partial charge is 0.357 e. The van der Waals surface area contributed by atoms with Gasteiger partial charge in [0.2, 0.25) is 5.89 Å². The second-order valence-corrected chi connectivity index (χ2v) is 7.07. The topological polar surface area (TPSA) is 78.6 Å². The SMILES string of the molecule is CCNC(=NCc1noc(C)n1)NCC(C(C)C)N1CCCCCC1. The molecule has 1 aliphatic heterocycles. The fourth-order valence-electron chi connectivity index (χ4n) is 3.31. The van der Waals surface area contributed by atoms with Crippen LogP contribution in [0.3, 0.4) is 0 Å². The molecule has 7 heteroatoms. The van der Waals surface area contributed by atoms with E-state index in [1.54, 1.807) is 6.92 Å². The van der Waals surface area contributed by atoms with Crippen molar-refractivity contribution in [1.82, 2.24) is 25.7 Å². The fraction of sp³-hybridized carbons (Fsp3) is 0.833. The quantitative estimate of drug-likeness (QED) is 0.580. The summed E-state index contributed by atoms with van der Waals surface area (Å²) < 4.78 is 5.00. The zero-order chi connectivity index (χ0) is 18.1. The van der Waals surface area contributed by atoms with Gasteiger partial charge in [0.15, 0.2) is 11.8 Å². The van der Waals surface area contributed by atoms with Crippen molar-refractivity contribution in [3.63, 3.8) is 0 Å². The number of aliphatic imine (C=N–C) groups is 1. The first kappa shape index (κ1) is 19.7. The van der Waals surface area contributed by atoms with Crippen LogP contribution >= 0.6 is 0 Å². The maximum absolute atomic E-state index is 5.00. The van der Waals surface area contributed by atoms with E-state index in [0.29, 0.717) is 30.2 Å². The second-order valence-electron chi connectivity index (χ2n) is 7.07. The minimum atomic E-state index is 0.419. The lowest BCUT2D eigenvalue weighted by Crippen LogP contribution is -2.49. The summed E-state index contributed by atoms with van der Waals surface area (Å²) in [6.07, 6.45) is 5.36. The van der Waals surface area contributed by atoms with Crippen LogP contribution in [-0.4, -0.2) is 53.2 Å². The Morgan fingerprint density at radius 1 is 1.20 bits per heavy atom. The Bertz CT molecular complexity index is 519. The van der Waals surface area contributed by atoms with Gasteiger partial charge >= 0.3 is 0 Å². The minimum Gasteiger partial charge on any atom is -0.357 e. The molecule has 0 spiro atoms. The monoisotopic (exact) mass is 350 g/mol. The molecular formula is C18H34N6O. The lowest BCUT2D eigenvalue weighted by molar-refractivity contribution is 0.161. The predicted octanol–water partition coefficient (Wildman–Crippen LogP) is 2.33. The molecule has 1 fully saturated rings. The Morgan fingerprint density at radius 3 is 2.48 bits per heavy atom. The van der Waals surface area contributed by atoms with Gasteiger partial charge < -0.3 is 15.2 Å². The fourth-order valence-corrected chi connectivity index (χ4v) is 3.31. The number of rotatable bonds is 7. The second kappa shape index (κ2) is 10.4. The predicted molar refractivity (Wildman–Crippen MR) is 101 cm³/mol. The van der Waals surface area contributed by atoms with E-state index in [2.05, 4.69) is 51.4 Å². The standard InChI is InChI=1S/C18H34N6O/c1-5-19-18(21-13-17-22-15(4)25-23-17)20-12-16(14(2)3)24-10-8-6-7-9-11-24/h14,16H,5-13H2,1-4H3,(H2,19,20,21). The molecule has 1 saturated heterocycles. The van der Waals surface area contributed by atoms with E-state index in [0.717, 1.165) is 19.0 Å². The normalized spacial score (nSPS) is 18.2. The van der Waals surface area contributed by atoms with Gasteiger partial charge in [-0.25, -0.2) is 4.99 Å². The van der Waals surface area contributed by atoms with Crippen molar-refractivity contribution in [3.8, 4) is 0 Å². The van der Waals surface area contributed by atoms with Crippen molar-refractivity contribution < 1.29 is 4.52 Å². The maximum atomic E-state index is 5.00. The Morgan fingerprint density at radius 2 is 1.92 bits per heavy atom. The summed E-state index contributed by atoms with van der Waals surface area (Å²) in [5.41, 5.74) is 0. The molecule has 0 saturated carbocycles. The highest BCUT2D eigenvalue weighted by Gasteiger charge is 2.22. The minimum absolute atomic E-state index is 0.419. The molecule has 0 amide bonds. The van der Waals surface area contributed by atoms with Crippen molar-refractivity contribution in [3.05, 3.63) is 11.7 Å². The number of guanidine groups is 1. The molecule has 0 radical (unpaired) electrons. The van der Waals surface area contributed by atoms with E-state index in [1.807, 2.05) is 0 Å². The Hall–Kier alpha value is -1.63. The smallest absolute Gasteiger partial charge is 0.223 e. The maximum Gasteiger partial charge on any atom is 0.223 e. The van der Waals surface area contributed by atoms with Gasteiger partial charge in [-0.3, -0.25) is 4.90 Å². The third-order valence-corrected chi connectivity index (χ3v) is 4.65. The average molecular weight is 351 g/mol. The number of aromatic nitrogens is 2. The van der Waals surface area contributed by atoms with Crippen LogP contribution in [0.5, 0.6) is 0 Å². The zero-order valence-corrected chi connectivity index (χ0v) is 16.2. The van der Waals surface area contributed by atoms with Crippen LogP contribution in [0, 0.1) is 12.8 Å². The third-order valence-electron chi connectivity index (χ3n) is 4.65. The molecule has 0 aromatic carbocycles. The number of nitrogens with zero attached hydrogens (tertiary/aromatic N) is 4. The summed E-state index contributed by atoms with van der Waals surface area (Å²) in [6, 6.07) is 0.523. The van der Waals surface area contributed by atoms with Crippen LogP contribution in [0.25, 0.3) is 0 Å². The zero-order valence-electron chi connectivity index (χ0n) is 16.2. The Kier molecular flexibility index (Phi) is 8.18. The summed E-state index contributed by atoms with van der Waals surface area (Å²) in [7, 11) is 0. The Balaban J connectivity index is 1.93. The number of likely N-dealkylation sites (tertiary alicyclic amines) is 1. The highest BCUT2D eigenvalue weighted by Crippen LogP contribution is 2.17. The van der Waals surface area contributed by atoms with Gasteiger partial charge in [0, 0.05) is 26.1 Å². The van der Waals surface area contributed by atoms with Gasteiger partial charge in [-0.2, -0.15) is 4.98 Å². The highest BCUT2D eigenvalue weighted by atomic mass is 16.5.